The van der Waals surface area contributed by atoms with E-state index in [-0.39, 0.29) is 11.8 Å². The Bertz CT molecular complexity index is 1490. The first-order chi connectivity index (χ1) is 19.0. The van der Waals surface area contributed by atoms with Gasteiger partial charge < -0.3 is 14.9 Å². The van der Waals surface area contributed by atoms with Crippen LogP contribution in [0.1, 0.15) is 49.8 Å². The highest BCUT2D eigenvalue weighted by Crippen LogP contribution is 2.44. The molecule has 4 aliphatic rings. The van der Waals surface area contributed by atoms with Crippen molar-refractivity contribution in [3.05, 3.63) is 71.8 Å². The quantitative estimate of drug-likeness (QED) is 0.530. The minimum absolute atomic E-state index is 0.0150. The van der Waals surface area contributed by atoms with E-state index in [2.05, 4.69) is 16.0 Å². The highest BCUT2D eigenvalue weighted by molar-refractivity contribution is 6.02. The Kier molecular flexibility index (Phi) is 5.85. The third-order valence-electron chi connectivity index (χ3n) is 8.79. The molecule has 7 rings (SSSR count). The molecule has 2 aromatic heterocycles. The molecule has 0 spiro atoms. The third-order valence-corrected chi connectivity index (χ3v) is 8.79. The normalized spacial score (nSPS) is 22.7. The lowest BCUT2D eigenvalue weighted by atomic mass is 9.87. The molecule has 1 saturated carbocycles. The van der Waals surface area contributed by atoms with E-state index in [0.29, 0.717) is 31.8 Å². The first-order valence-electron chi connectivity index (χ1n) is 14.0. The number of nitrogens with zero attached hydrogens (tertiary/aromatic N) is 4. The van der Waals surface area contributed by atoms with E-state index in [1.165, 1.54) is 0 Å². The van der Waals surface area contributed by atoms with Gasteiger partial charge in [-0.1, -0.05) is 12.1 Å². The molecule has 4 heterocycles. The van der Waals surface area contributed by atoms with Gasteiger partial charge in [-0.3, -0.25) is 19.6 Å². The number of rotatable bonds is 5. The maximum Gasteiger partial charge on any atom is 0.250 e. The van der Waals surface area contributed by atoms with E-state index in [9.17, 15) is 14.7 Å². The molecular formula is C32H32N4O3. The monoisotopic (exact) mass is 520 g/mol. The number of β-amino-alcohol motifs (C(OH)–C–C–N with tert-alkyl or cyclic N) is 1. The van der Waals surface area contributed by atoms with Gasteiger partial charge in [-0.05, 0) is 79.5 Å². The molecule has 2 aliphatic carbocycles. The van der Waals surface area contributed by atoms with Gasteiger partial charge in [0.15, 0.2) is 0 Å². The van der Waals surface area contributed by atoms with Crippen molar-refractivity contribution in [2.24, 2.45) is 5.92 Å². The minimum Gasteiger partial charge on any atom is -0.388 e. The molecule has 1 aromatic carbocycles. The Labute approximate surface area is 228 Å². The number of likely N-dealkylation sites (tertiary alicyclic amines) is 1. The second kappa shape index (κ2) is 9.42. The standard InChI is InChI=1S/C32H32N4O3/c37-30-3-1-14-36(30)26-8-4-21(5-9-26)23-15-24(19-33-18-23)27-10-12-34-29-17-22(16-28(27)29)31(38)35-13-2-11-32(39,20-35)25-6-7-25/h4-5,8-10,12,15-16,18-19,25,39H,1-3,6-7,11,13-14,17,20H2. The molecule has 7 nitrogen and oxygen atoms in total. The van der Waals surface area contributed by atoms with Crippen molar-refractivity contribution in [1.82, 2.24) is 14.9 Å². The molecule has 7 heteroatoms. The van der Waals surface area contributed by atoms with Gasteiger partial charge in [-0.15, -0.1) is 0 Å². The van der Waals surface area contributed by atoms with Crippen LogP contribution < -0.4 is 4.90 Å². The van der Waals surface area contributed by atoms with Crippen molar-refractivity contribution in [2.75, 3.05) is 24.5 Å². The maximum absolute atomic E-state index is 13.5. The number of piperidine rings is 1. The molecule has 1 unspecified atom stereocenters. The summed E-state index contributed by atoms with van der Waals surface area (Å²) in [6.45, 7) is 1.90. The average Bonchev–Trinajstić information content (AvgIpc) is 3.61. The lowest BCUT2D eigenvalue weighted by Crippen LogP contribution is -2.51. The van der Waals surface area contributed by atoms with Crippen LogP contribution in [-0.2, 0) is 16.0 Å². The van der Waals surface area contributed by atoms with Crippen molar-refractivity contribution in [3.63, 3.8) is 0 Å². The summed E-state index contributed by atoms with van der Waals surface area (Å²) < 4.78 is 0. The topological polar surface area (TPSA) is 86.6 Å². The van der Waals surface area contributed by atoms with Crippen LogP contribution in [0.25, 0.3) is 28.3 Å². The zero-order chi connectivity index (χ0) is 26.6. The molecule has 1 atom stereocenters. The van der Waals surface area contributed by atoms with Crippen molar-refractivity contribution >= 4 is 23.6 Å². The Balaban J connectivity index is 1.14. The molecule has 2 amide bonds. The first kappa shape index (κ1) is 24.2. The number of anilines is 1. The zero-order valence-electron chi connectivity index (χ0n) is 22.0. The molecule has 198 valence electrons. The number of pyridine rings is 2. The Hall–Kier alpha value is -3.84. The number of hydrogen-bond acceptors (Lipinski definition) is 5. The Morgan fingerprint density at radius 3 is 2.59 bits per heavy atom. The second-order valence-electron chi connectivity index (χ2n) is 11.4. The molecule has 1 N–H and O–H groups in total. The van der Waals surface area contributed by atoms with Gasteiger partial charge in [-0.2, -0.15) is 0 Å². The summed E-state index contributed by atoms with van der Waals surface area (Å²) in [7, 11) is 0. The number of benzene rings is 1. The van der Waals surface area contributed by atoms with Crippen LogP contribution in [0.15, 0.2) is 60.6 Å². The summed E-state index contributed by atoms with van der Waals surface area (Å²) in [5, 5.41) is 11.1. The molecular weight excluding hydrogens is 488 g/mol. The van der Waals surface area contributed by atoms with Crippen molar-refractivity contribution in [2.45, 2.75) is 50.5 Å². The largest absolute Gasteiger partial charge is 0.388 e. The number of fused-ring (bicyclic) bond motifs is 1. The molecule has 39 heavy (non-hydrogen) atoms. The fourth-order valence-corrected chi connectivity index (χ4v) is 6.51. The number of hydrogen-bond donors (Lipinski definition) is 1. The summed E-state index contributed by atoms with van der Waals surface area (Å²) in [4.78, 5) is 38.4. The zero-order valence-corrected chi connectivity index (χ0v) is 22.0. The van der Waals surface area contributed by atoms with E-state index < -0.39 is 5.60 Å². The van der Waals surface area contributed by atoms with E-state index in [1.807, 2.05) is 58.6 Å². The predicted molar refractivity (Wildman–Crippen MR) is 150 cm³/mol. The van der Waals surface area contributed by atoms with Gasteiger partial charge >= 0.3 is 0 Å². The summed E-state index contributed by atoms with van der Waals surface area (Å²) in [6.07, 6.45) is 13.3. The number of aliphatic hydroxyl groups is 1. The second-order valence-corrected chi connectivity index (χ2v) is 11.4. The molecule has 2 aliphatic heterocycles. The van der Waals surface area contributed by atoms with Crippen LogP contribution in [0.4, 0.5) is 5.69 Å². The van der Waals surface area contributed by atoms with Crippen LogP contribution in [0.5, 0.6) is 0 Å². The fraction of sp³-hybridized carbons (Fsp3) is 0.375. The molecule has 3 aromatic rings. The van der Waals surface area contributed by atoms with Gasteiger partial charge in [-0.25, -0.2) is 0 Å². The van der Waals surface area contributed by atoms with Gasteiger partial charge in [0.05, 0.1) is 11.3 Å². The fourth-order valence-electron chi connectivity index (χ4n) is 6.51. The smallest absolute Gasteiger partial charge is 0.250 e. The number of aromatic nitrogens is 2. The van der Waals surface area contributed by atoms with E-state index in [0.717, 1.165) is 83.4 Å². The Morgan fingerprint density at radius 2 is 1.82 bits per heavy atom. The summed E-state index contributed by atoms with van der Waals surface area (Å²) in [5.41, 5.74) is 6.81. The maximum atomic E-state index is 13.5. The number of amides is 2. The summed E-state index contributed by atoms with van der Waals surface area (Å²) in [6, 6.07) is 12.2. The predicted octanol–water partition coefficient (Wildman–Crippen LogP) is 4.64. The summed E-state index contributed by atoms with van der Waals surface area (Å²) >= 11 is 0. The van der Waals surface area contributed by atoms with E-state index in [4.69, 9.17) is 0 Å². The van der Waals surface area contributed by atoms with Crippen molar-refractivity contribution < 1.29 is 14.7 Å². The first-order valence-corrected chi connectivity index (χ1v) is 14.0. The SMILES string of the molecule is O=C(C1=Cc2c(-c3cncc(-c4ccc(N5CCCC5=O)cc4)c3)ccnc2C1)N1CCCC(O)(C2CC2)C1. The number of carbonyl (C=O) groups excluding carboxylic acids is 2. The average molecular weight is 521 g/mol. The van der Waals surface area contributed by atoms with Gasteiger partial charge in [0.2, 0.25) is 11.8 Å². The highest BCUT2D eigenvalue weighted by atomic mass is 16.3. The van der Waals surface area contributed by atoms with Crippen LogP contribution in [-0.4, -0.2) is 57.0 Å². The highest BCUT2D eigenvalue weighted by Gasteiger charge is 2.47. The minimum atomic E-state index is -0.725. The molecule has 2 saturated heterocycles. The Morgan fingerprint density at radius 1 is 1.00 bits per heavy atom. The van der Waals surface area contributed by atoms with E-state index in [1.54, 1.807) is 6.20 Å². The van der Waals surface area contributed by atoms with Gasteiger partial charge in [0.25, 0.3) is 0 Å². The lowest BCUT2D eigenvalue weighted by molar-refractivity contribution is -0.135. The van der Waals surface area contributed by atoms with Gasteiger partial charge in [0.1, 0.15) is 0 Å². The molecule has 0 radical (unpaired) electrons. The van der Waals surface area contributed by atoms with Gasteiger partial charge in [0, 0.05) is 79.0 Å². The van der Waals surface area contributed by atoms with Crippen LogP contribution in [0, 0.1) is 5.92 Å². The van der Waals surface area contributed by atoms with Crippen LogP contribution in [0.3, 0.4) is 0 Å². The van der Waals surface area contributed by atoms with Crippen LogP contribution in [0.2, 0.25) is 0 Å². The third kappa shape index (κ3) is 4.44. The number of carbonyl (C=O) groups is 2. The van der Waals surface area contributed by atoms with Crippen LogP contribution >= 0.6 is 0 Å². The molecule has 0 bridgehead atoms. The lowest BCUT2D eigenvalue weighted by Gasteiger charge is -2.39. The van der Waals surface area contributed by atoms with Crippen molar-refractivity contribution in [1.29, 1.82) is 0 Å². The molecule has 3 fully saturated rings. The van der Waals surface area contributed by atoms with Crippen molar-refractivity contribution in [3.8, 4) is 22.3 Å². The van der Waals surface area contributed by atoms with E-state index >= 15 is 0 Å². The summed E-state index contributed by atoms with van der Waals surface area (Å²) in [5.74, 6) is 0.540.